The molecule has 0 unspecified atom stereocenters. The highest BCUT2D eigenvalue weighted by Gasteiger charge is 2.40. The summed E-state index contributed by atoms with van der Waals surface area (Å²) in [6, 6.07) is 0. The zero-order chi connectivity index (χ0) is 16.5. The quantitative estimate of drug-likeness (QED) is 0.790. The third-order valence-electron chi connectivity index (χ3n) is 4.74. The lowest BCUT2D eigenvalue weighted by Gasteiger charge is -2.33. The van der Waals surface area contributed by atoms with Gasteiger partial charge in [-0.05, 0) is 29.8 Å². The van der Waals surface area contributed by atoms with Gasteiger partial charge >= 0.3 is 0 Å². The van der Waals surface area contributed by atoms with Crippen molar-refractivity contribution in [3.8, 4) is 0 Å². The zero-order valence-electron chi connectivity index (χ0n) is 12.9. The number of aromatic nitrogens is 4. The first kappa shape index (κ1) is 15.1. The van der Waals surface area contributed by atoms with Gasteiger partial charge in [0.2, 0.25) is 0 Å². The molecule has 8 nitrogen and oxygen atoms in total. The fraction of sp³-hybridized carbons (Fsp3) is 0.467. The minimum absolute atomic E-state index is 0.0649. The van der Waals surface area contributed by atoms with Crippen LogP contribution in [-0.2, 0) is 0 Å². The van der Waals surface area contributed by atoms with E-state index in [0.717, 1.165) is 13.0 Å². The highest BCUT2D eigenvalue weighted by atomic mass is 32.1. The molecular weight excluding hydrogens is 328 g/mol. The molecule has 2 fully saturated rings. The highest BCUT2D eigenvalue weighted by molar-refractivity contribution is 7.03. The van der Waals surface area contributed by atoms with Gasteiger partial charge in [-0.15, -0.1) is 5.10 Å². The molecule has 2 aromatic rings. The average Bonchev–Trinajstić information content (AvgIpc) is 3.30. The molecule has 2 saturated heterocycles. The number of carbonyl (C=O) groups is 2. The van der Waals surface area contributed by atoms with E-state index in [1.807, 2.05) is 9.80 Å². The highest BCUT2D eigenvalue weighted by Crippen LogP contribution is 2.32. The zero-order valence-corrected chi connectivity index (χ0v) is 13.7. The molecule has 0 bridgehead atoms. The summed E-state index contributed by atoms with van der Waals surface area (Å²) in [5.74, 6) is 0.585. The lowest BCUT2D eigenvalue weighted by atomic mass is 9.88. The van der Waals surface area contributed by atoms with E-state index in [-0.39, 0.29) is 11.8 Å². The van der Waals surface area contributed by atoms with Crippen molar-refractivity contribution in [3.63, 3.8) is 0 Å². The van der Waals surface area contributed by atoms with Crippen LogP contribution in [0.15, 0.2) is 24.0 Å². The summed E-state index contributed by atoms with van der Waals surface area (Å²) < 4.78 is 3.75. The molecule has 2 atom stereocenters. The van der Waals surface area contributed by atoms with Crippen LogP contribution in [0.1, 0.15) is 27.4 Å². The van der Waals surface area contributed by atoms with Gasteiger partial charge in [0, 0.05) is 44.0 Å². The van der Waals surface area contributed by atoms with Crippen LogP contribution in [0.2, 0.25) is 0 Å². The topological polar surface area (TPSA) is 92.2 Å². The van der Waals surface area contributed by atoms with Gasteiger partial charge < -0.3 is 9.80 Å². The van der Waals surface area contributed by atoms with Gasteiger partial charge in [-0.1, -0.05) is 4.49 Å². The molecule has 0 aliphatic carbocycles. The normalized spacial score (nSPS) is 23.2. The molecule has 2 aliphatic heterocycles. The molecule has 2 amide bonds. The van der Waals surface area contributed by atoms with Gasteiger partial charge in [0.1, 0.15) is 5.69 Å². The van der Waals surface area contributed by atoms with E-state index in [0.29, 0.717) is 42.9 Å². The van der Waals surface area contributed by atoms with Crippen molar-refractivity contribution in [3.05, 3.63) is 35.4 Å². The second-order valence-electron chi connectivity index (χ2n) is 6.15. The fourth-order valence-electron chi connectivity index (χ4n) is 3.51. The first-order valence-corrected chi connectivity index (χ1v) is 8.67. The Labute approximate surface area is 142 Å². The number of likely N-dealkylation sites (tertiary alicyclic amines) is 2. The molecule has 4 heterocycles. The second kappa shape index (κ2) is 6.23. The molecule has 0 N–H and O–H groups in total. The molecule has 0 radical (unpaired) electrons. The number of fused-ring (bicyclic) bond motifs is 1. The Balaban J connectivity index is 1.43. The van der Waals surface area contributed by atoms with Gasteiger partial charge in [0.05, 0.1) is 6.20 Å². The second-order valence-corrected chi connectivity index (χ2v) is 6.76. The molecule has 2 aromatic heterocycles. The van der Waals surface area contributed by atoms with Gasteiger partial charge in [0.25, 0.3) is 11.8 Å². The number of carbonyl (C=O) groups excluding carboxylic acids is 2. The number of piperidine rings is 1. The molecule has 0 saturated carbocycles. The van der Waals surface area contributed by atoms with Gasteiger partial charge in [0.15, 0.2) is 5.69 Å². The maximum absolute atomic E-state index is 12.5. The average molecular weight is 344 g/mol. The molecule has 0 spiro atoms. The smallest absolute Gasteiger partial charge is 0.275 e. The predicted octanol–water partition coefficient (Wildman–Crippen LogP) is 0.562. The lowest BCUT2D eigenvalue weighted by molar-refractivity contribution is 0.0635. The van der Waals surface area contributed by atoms with E-state index in [4.69, 9.17) is 0 Å². The first-order valence-electron chi connectivity index (χ1n) is 7.84. The third-order valence-corrected chi connectivity index (χ3v) is 5.24. The van der Waals surface area contributed by atoms with Crippen molar-refractivity contribution in [2.75, 3.05) is 26.2 Å². The van der Waals surface area contributed by atoms with E-state index < -0.39 is 0 Å². The largest absolute Gasteiger partial charge is 0.337 e. The molecule has 124 valence electrons. The van der Waals surface area contributed by atoms with E-state index >= 15 is 0 Å². The van der Waals surface area contributed by atoms with Crippen LogP contribution in [0.25, 0.3) is 0 Å². The lowest BCUT2D eigenvalue weighted by Crippen LogP contribution is -2.43. The number of nitrogens with zero attached hydrogens (tertiary/aromatic N) is 6. The molecular formula is C15H16N6O2S. The van der Waals surface area contributed by atoms with Crippen molar-refractivity contribution < 1.29 is 9.59 Å². The first-order chi connectivity index (χ1) is 11.7. The Morgan fingerprint density at radius 3 is 2.58 bits per heavy atom. The molecule has 9 heteroatoms. The standard InChI is InChI=1S/C15H16N6O2S/c22-14(12-5-16-2-3-17-12)20-4-1-10-6-21(8-11(10)7-20)15(23)13-9-24-19-18-13/h2-3,5,9-11H,1,4,6-8H2/t10-,11-/m1/s1. The number of hydrogen-bond donors (Lipinski definition) is 0. The van der Waals surface area contributed by atoms with Crippen LogP contribution in [-0.4, -0.2) is 67.3 Å². The van der Waals surface area contributed by atoms with E-state index in [2.05, 4.69) is 19.6 Å². The van der Waals surface area contributed by atoms with Crippen LogP contribution in [0.3, 0.4) is 0 Å². The monoisotopic (exact) mass is 344 g/mol. The molecule has 4 rings (SSSR count). The number of amides is 2. The maximum Gasteiger partial charge on any atom is 0.275 e. The molecule has 24 heavy (non-hydrogen) atoms. The van der Waals surface area contributed by atoms with Crippen LogP contribution in [0.5, 0.6) is 0 Å². The summed E-state index contributed by atoms with van der Waals surface area (Å²) in [5, 5.41) is 5.53. The Morgan fingerprint density at radius 1 is 1.04 bits per heavy atom. The Bertz CT molecular complexity index is 738. The number of rotatable bonds is 2. The summed E-state index contributed by atoms with van der Waals surface area (Å²) in [7, 11) is 0. The van der Waals surface area contributed by atoms with Gasteiger partial charge in [-0.3, -0.25) is 14.6 Å². The number of hydrogen-bond acceptors (Lipinski definition) is 7. The predicted molar refractivity (Wildman–Crippen MR) is 85.3 cm³/mol. The summed E-state index contributed by atoms with van der Waals surface area (Å²) in [6.45, 7) is 2.73. The third kappa shape index (κ3) is 2.75. The summed E-state index contributed by atoms with van der Waals surface area (Å²) in [5.41, 5.74) is 0.779. The van der Waals surface area contributed by atoms with Crippen LogP contribution < -0.4 is 0 Å². The van der Waals surface area contributed by atoms with Gasteiger partial charge in [-0.25, -0.2) is 4.98 Å². The van der Waals surface area contributed by atoms with Crippen molar-refractivity contribution in [2.45, 2.75) is 6.42 Å². The fourth-order valence-corrected chi connectivity index (χ4v) is 3.94. The van der Waals surface area contributed by atoms with Crippen molar-refractivity contribution in [1.82, 2.24) is 29.4 Å². The van der Waals surface area contributed by atoms with E-state index in [1.165, 1.54) is 23.9 Å². The SMILES string of the molecule is O=C(c1cnccn1)N1CC[C@@H]2CN(C(=O)c3csnn3)C[C@H]2C1. The van der Waals surface area contributed by atoms with Crippen LogP contribution in [0.4, 0.5) is 0 Å². The minimum Gasteiger partial charge on any atom is -0.337 e. The Kier molecular flexibility index (Phi) is 3.93. The van der Waals surface area contributed by atoms with Gasteiger partial charge in [-0.2, -0.15) is 0 Å². The maximum atomic E-state index is 12.5. The molecule has 2 aliphatic rings. The Morgan fingerprint density at radius 2 is 1.83 bits per heavy atom. The van der Waals surface area contributed by atoms with Crippen LogP contribution in [0, 0.1) is 11.8 Å². The molecule has 0 aromatic carbocycles. The summed E-state index contributed by atoms with van der Waals surface area (Å²) in [4.78, 5) is 36.6. The van der Waals surface area contributed by atoms with Crippen molar-refractivity contribution in [1.29, 1.82) is 0 Å². The Hall–Kier alpha value is -2.42. The van der Waals surface area contributed by atoms with Crippen LogP contribution >= 0.6 is 11.5 Å². The van der Waals surface area contributed by atoms with E-state index in [9.17, 15) is 9.59 Å². The summed E-state index contributed by atoms with van der Waals surface area (Å²) in [6.07, 6.45) is 5.47. The van der Waals surface area contributed by atoms with Crippen molar-refractivity contribution >= 4 is 23.3 Å². The summed E-state index contributed by atoms with van der Waals surface area (Å²) >= 11 is 1.18. The van der Waals surface area contributed by atoms with E-state index in [1.54, 1.807) is 11.6 Å². The van der Waals surface area contributed by atoms with Crippen molar-refractivity contribution in [2.24, 2.45) is 11.8 Å². The minimum atomic E-state index is -0.0879.